The first kappa shape index (κ1) is 14.7. The second-order valence-corrected chi connectivity index (χ2v) is 5.26. The van der Waals surface area contributed by atoms with Crippen LogP contribution in [0, 0.1) is 12.7 Å². The first-order valence-corrected chi connectivity index (χ1v) is 6.80. The molecule has 0 spiro atoms. The molecule has 0 aliphatic heterocycles. The second-order valence-electron chi connectivity index (χ2n) is 5.26. The predicted molar refractivity (Wildman–Crippen MR) is 80.6 cm³/mol. The van der Waals surface area contributed by atoms with Gasteiger partial charge >= 0.3 is 0 Å². The Bertz CT molecular complexity index is 564. The van der Waals surface area contributed by atoms with Crippen LogP contribution < -0.4 is 5.73 Å². The lowest BCUT2D eigenvalue weighted by molar-refractivity contribution is 0.318. The highest BCUT2D eigenvalue weighted by Gasteiger charge is 2.05. The lowest BCUT2D eigenvalue weighted by Gasteiger charge is -2.18. The topological polar surface area (TPSA) is 29.3 Å². The molecule has 0 bridgehead atoms. The van der Waals surface area contributed by atoms with Crippen LogP contribution in [0.1, 0.15) is 22.3 Å². The zero-order chi connectivity index (χ0) is 14.5. The van der Waals surface area contributed by atoms with E-state index < -0.39 is 0 Å². The van der Waals surface area contributed by atoms with E-state index in [0.29, 0.717) is 6.54 Å². The van der Waals surface area contributed by atoms with Gasteiger partial charge in [0.1, 0.15) is 5.82 Å². The number of hydrogen-bond acceptors (Lipinski definition) is 2. The van der Waals surface area contributed by atoms with Gasteiger partial charge < -0.3 is 5.73 Å². The van der Waals surface area contributed by atoms with Gasteiger partial charge in [-0.05, 0) is 48.4 Å². The first-order chi connectivity index (χ1) is 9.58. The van der Waals surface area contributed by atoms with E-state index in [2.05, 4.69) is 37.1 Å². The van der Waals surface area contributed by atoms with Gasteiger partial charge in [0, 0.05) is 19.6 Å². The molecule has 2 aromatic carbocycles. The van der Waals surface area contributed by atoms with E-state index in [-0.39, 0.29) is 5.82 Å². The summed E-state index contributed by atoms with van der Waals surface area (Å²) in [4.78, 5) is 2.22. The van der Waals surface area contributed by atoms with Gasteiger partial charge in [-0.25, -0.2) is 4.39 Å². The van der Waals surface area contributed by atoms with Crippen LogP contribution in [0.5, 0.6) is 0 Å². The van der Waals surface area contributed by atoms with Crippen molar-refractivity contribution < 1.29 is 4.39 Å². The fraction of sp³-hybridized carbons (Fsp3) is 0.294. The number of nitrogens with two attached hydrogens (primary N) is 1. The zero-order valence-corrected chi connectivity index (χ0v) is 12.1. The number of rotatable bonds is 5. The molecule has 0 heterocycles. The molecule has 0 atom stereocenters. The van der Waals surface area contributed by atoms with Crippen molar-refractivity contribution in [1.29, 1.82) is 0 Å². The van der Waals surface area contributed by atoms with Crippen LogP contribution in [0.2, 0.25) is 0 Å². The van der Waals surface area contributed by atoms with Crippen LogP contribution in [0.4, 0.5) is 4.39 Å². The normalized spacial score (nSPS) is 11.1. The van der Waals surface area contributed by atoms with E-state index in [1.54, 1.807) is 0 Å². The Labute approximate surface area is 120 Å². The van der Waals surface area contributed by atoms with E-state index in [1.807, 2.05) is 12.1 Å². The number of nitrogens with zero attached hydrogens (tertiary/aromatic N) is 1. The molecule has 0 saturated heterocycles. The minimum atomic E-state index is -0.190. The highest BCUT2D eigenvalue weighted by atomic mass is 19.1. The van der Waals surface area contributed by atoms with Gasteiger partial charge in [0.05, 0.1) is 0 Å². The van der Waals surface area contributed by atoms with Crippen LogP contribution in [0.3, 0.4) is 0 Å². The quantitative estimate of drug-likeness (QED) is 0.905. The van der Waals surface area contributed by atoms with Crippen LogP contribution >= 0.6 is 0 Å². The molecule has 0 aliphatic rings. The number of aryl methyl sites for hydroxylation is 1. The van der Waals surface area contributed by atoms with E-state index in [0.717, 1.165) is 24.2 Å². The number of benzene rings is 2. The summed E-state index contributed by atoms with van der Waals surface area (Å²) in [6, 6.07) is 13.0. The minimum Gasteiger partial charge on any atom is -0.326 e. The zero-order valence-electron chi connectivity index (χ0n) is 12.1. The average molecular weight is 272 g/mol. The Hall–Kier alpha value is -1.71. The summed E-state index contributed by atoms with van der Waals surface area (Å²) in [6.45, 7) is 4.36. The summed E-state index contributed by atoms with van der Waals surface area (Å²) in [7, 11) is 2.07. The number of halogens is 1. The van der Waals surface area contributed by atoms with Crippen LogP contribution in [0.25, 0.3) is 0 Å². The maximum atomic E-state index is 12.9. The van der Waals surface area contributed by atoms with Gasteiger partial charge in [0.15, 0.2) is 0 Å². The third-order valence-electron chi connectivity index (χ3n) is 3.45. The maximum absolute atomic E-state index is 12.9. The van der Waals surface area contributed by atoms with Crippen molar-refractivity contribution in [3.05, 3.63) is 70.5 Å². The van der Waals surface area contributed by atoms with Gasteiger partial charge in [-0.15, -0.1) is 0 Å². The first-order valence-electron chi connectivity index (χ1n) is 6.80. The second kappa shape index (κ2) is 6.64. The van der Waals surface area contributed by atoms with Gasteiger partial charge in [-0.1, -0.05) is 30.3 Å². The Morgan fingerprint density at radius 3 is 2.25 bits per heavy atom. The molecule has 20 heavy (non-hydrogen) atoms. The molecular formula is C17H21FN2. The molecular weight excluding hydrogens is 251 g/mol. The Kier molecular flexibility index (Phi) is 4.88. The van der Waals surface area contributed by atoms with Crippen molar-refractivity contribution >= 4 is 0 Å². The van der Waals surface area contributed by atoms with Crippen molar-refractivity contribution in [2.24, 2.45) is 5.73 Å². The molecule has 2 rings (SSSR count). The molecule has 3 heteroatoms. The molecule has 0 aromatic heterocycles. The fourth-order valence-corrected chi connectivity index (χ4v) is 2.31. The molecule has 2 N–H and O–H groups in total. The Morgan fingerprint density at radius 1 is 1.00 bits per heavy atom. The summed E-state index contributed by atoms with van der Waals surface area (Å²) in [5.41, 5.74) is 10.5. The third-order valence-corrected chi connectivity index (χ3v) is 3.45. The number of hydrogen-bond donors (Lipinski definition) is 1. The molecule has 106 valence electrons. The smallest absolute Gasteiger partial charge is 0.123 e. The van der Waals surface area contributed by atoms with Crippen LogP contribution in [-0.2, 0) is 19.6 Å². The Balaban J connectivity index is 2.00. The Morgan fingerprint density at radius 2 is 1.65 bits per heavy atom. The largest absolute Gasteiger partial charge is 0.326 e. The van der Waals surface area contributed by atoms with E-state index in [1.165, 1.54) is 23.3 Å². The summed E-state index contributed by atoms with van der Waals surface area (Å²) >= 11 is 0. The van der Waals surface area contributed by atoms with Gasteiger partial charge in [-0.3, -0.25) is 4.90 Å². The van der Waals surface area contributed by atoms with Gasteiger partial charge in [0.25, 0.3) is 0 Å². The van der Waals surface area contributed by atoms with E-state index in [9.17, 15) is 4.39 Å². The molecule has 2 nitrogen and oxygen atoms in total. The lowest BCUT2D eigenvalue weighted by atomic mass is 10.0. The van der Waals surface area contributed by atoms with Crippen LogP contribution in [0.15, 0.2) is 42.5 Å². The van der Waals surface area contributed by atoms with Crippen molar-refractivity contribution in [3.8, 4) is 0 Å². The summed E-state index contributed by atoms with van der Waals surface area (Å²) < 4.78 is 12.9. The van der Waals surface area contributed by atoms with Crippen molar-refractivity contribution in [2.45, 2.75) is 26.6 Å². The molecule has 0 unspecified atom stereocenters. The van der Waals surface area contributed by atoms with Crippen molar-refractivity contribution in [2.75, 3.05) is 7.05 Å². The average Bonchev–Trinajstić information content (AvgIpc) is 2.43. The maximum Gasteiger partial charge on any atom is 0.123 e. The highest BCUT2D eigenvalue weighted by Crippen LogP contribution is 2.14. The summed E-state index contributed by atoms with van der Waals surface area (Å²) in [6.07, 6.45) is 0. The monoisotopic (exact) mass is 272 g/mol. The highest BCUT2D eigenvalue weighted by molar-refractivity contribution is 5.31. The van der Waals surface area contributed by atoms with Gasteiger partial charge in [-0.2, -0.15) is 0 Å². The lowest BCUT2D eigenvalue weighted by Crippen LogP contribution is -2.18. The van der Waals surface area contributed by atoms with Crippen molar-refractivity contribution in [1.82, 2.24) is 4.90 Å². The summed E-state index contributed by atoms with van der Waals surface area (Å²) in [5, 5.41) is 0. The molecule has 0 aliphatic carbocycles. The molecule has 0 fully saturated rings. The minimum absolute atomic E-state index is 0.190. The summed E-state index contributed by atoms with van der Waals surface area (Å²) in [5.74, 6) is -0.190. The van der Waals surface area contributed by atoms with E-state index in [4.69, 9.17) is 5.73 Å². The fourth-order valence-electron chi connectivity index (χ4n) is 2.31. The van der Waals surface area contributed by atoms with E-state index >= 15 is 0 Å². The van der Waals surface area contributed by atoms with Gasteiger partial charge in [0.2, 0.25) is 0 Å². The molecule has 2 aromatic rings. The molecule has 0 saturated carbocycles. The standard InChI is InChI=1S/C17H21FN2/c1-13-9-15(10-19)3-6-16(13)12-20(2)11-14-4-7-17(18)8-5-14/h3-9H,10-12,19H2,1-2H3. The van der Waals surface area contributed by atoms with Crippen LogP contribution in [-0.4, -0.2) is 11.9 Å². The SMILES string of the molecule is Cc1cc(CN)ccc1CN(C)Cc1ccc(F)cc1. The third kappa shape index (κ3) is 3.89. The molecule has 0 radical (unpaired) electrons. The molecule has 0 amide bonds. The predicted octanol–water partition coefficient (Wildman–Crippen LogP) is 3.22. The van der Waals surface area contributed by atoms with Crippen molar-refractivity contribution in [3.63, 3.8) is 0 Å².